The smallest absolute Gasteiger partial charge is 0.172 e. The molecule has 5 nitrogen and oxygen atoms in total. The van der Waals surface area contributed by atoms with E-state index in [9.17, 15) is 9.90 Å². The molecule has 0 atom stereocenters. The maximum atomic E-state index is 11.1. The quantitative estimate of drug-likeness (QED) is 0.749. The second-order valence-corrected chi connectivity index (χ2v) is 5.19. The summed E-state index contributed by atoms with van der Waals surface area (Å²) < 4.78 is 1.68. The van der Waals surface area contributed by atoms with Gasteiger partial charge in [-0.05, 0) is 18.1 Å². The zero-order valence-corrected chi connectivity index (χ0v) is 11.8. The van der Waals surface area contributed by atoms with Crippen molar-refractivity contribution in [3.63, 3.8) is 0 Å². The number of fused-ring (bicyclic) bond motifs is 1. The predicted molar refractivity (Wildman–Crippen MR) is 80.0 cm³/mol. The standard InChI is InChI=1S/C16H15N3O2/c1-10(2)16-13(9-20)17-18-19(16)14-7-3-6-12-11(14)5-4-8-15(12)21/h3-10,21H,1-2H3. The molecule has 3 aromatic rings. The van der Waals surface area contributed by atoms with E-state index in [1.807, 2.05) is 38.1 Å². The first-order valence-corrected chi connectivity index (χ1v) is 6.75. The number of hydrogen-bond acceptors (Lipinski definition) is 4. The van der Waals surface area contributed by atoms with Gasteiger partial charge in [0.25, 0.3) is 0 Å². The minimum absolute atomic E-state index is 0.104. The molecule has 3 rings (SSSR count). The van der Waals surface area contributed by atoms with E-state index in [4.69, 9.17) is 0 Å². The van der Waals surface area contributed by atoms with Gasteiger partial charge in [-0.3, -0.25) is 4.79 Å². The molecule has 0 aliphatic carbocycles. The van der Waals surface area contributed by atoms with E-state index in [1.54, 1.807) is 16.8 Å². The number of nitrogens with zero attached hydrogens (tertiary/aromatic N) is 3. The van der Waals surface area contributed by atoms with E-state index in [0.29, 0.717) is 5.69 Å². The molecule has 21 heavy (non-hydrogen) atoms. The average Bonchev–Trinajstić information content (AvgIpc) is 2.91. The third-order valence-corrected chi connectivity index (χ3v) is 3.50. The molecule has 1 heterocycles. The molecule has 0 saturated heterocycles. The van der Waals surface area contributed by atoms with Crippen LogP contribution in [0.3, 0.4) is 0 Å². The van der Waals surface area contributed by atoms with Crippen molar-refractivity contribution in [3.8, 4) is 11.4 Å². The number of aldehydes is 1. The summed E-state index contributed by atoms with van der Waals surface area (Å²) in [6.45, 7) is 3.98. The van der Waals surface area contributed by atoms with Crippen molar-refractivity contribution >= 4 is 17.1 Å². The number of benzene rings is 2. The number of aromatic nitrogens is 3. The number of carbonyl (C=O) groups is 1. The highest BCUT2D eigenvalue weighted by atomic mass is 16.3. The minimum atomic E-state index is 0.104. The molecule has 0 spiro atoms. The first-order chi connectivity index (χ1) is 10.1. The van der Waals surface area contributed by atoms with Gasteiger partial charge in [-0.15, -0.1) is 5.10 Å². The largest absolute Gasteiger partial charge is 0.507 e. The summed E-state index contributed by atoms with van der Waals surface area (Å²) in [5.74, 6) is 0.323. The van der Waals surface area contributed by atoms with Crippen LogP contribution in [0.15, 0.2) is 36.4 Å². The van der Waals surface area contributed by atoms with Crippen LogP contribution in [-0.4, -0.2) is 26.4 Å². The summed E-state index contributed by atoms with van der Waals surface area (Å²) in [4.78, 5) is 11.1. The molecule has 0 amide bonds. The van der Waals surface area contributed by atoms with Crippen LogP contribution in [0.25, 0.3) is 16.5 Å². The van der Waals surface area contributed by atoms with E-state index in [-0.39, 0.29) is 11.7 Å². The number of hydrogen-bond donors (Lipinski definition) is 1. The molecule has 2 aromatic carbocycles. The second kappa shape index (κ2) is 5.01. The molecule has 106 valence electrons. The third kappa shape index (κ3) is 2.07. The number of aromatic hydroxyl groups is 1. The van der Waals surface area contributed by atoms with Crippen molar-refractivity contribution < 1.29 is 9.90 Å². The zero-order valence-electron chi connectivity index (χ0n) is 11.8. The van der Waals surface area contributed by atoms with Crippen LogP contribution >= 0.6 is 0 Å². The van der Waals surface area contributed by atoms with Crippen LogP contribution in [0.1, 0.15) is 35.9 Å². The van der Waals surface area contributed by atoms with Gasteiger partial charge in [-0.1, -0.05) is 43.3 Å². The van der Waals surface area contributed by atoms with Crippen LogP contribution in [-0.2, 0) is 0 Å². The second-order valence-electron chi connectivity index (χ2n) is 5.19. The molecular formula is C16H15N3O2. The molecule has 0 radical (unpaired) electrons. The van der Waals surface area contributed by atoms with Gasteiger partial charge in [0, 0.05) is 10.8 Å². The lowest BCUT2D eigenvalue weighted by Crippen LogP contribution is -2.06. The summed E-state index contributed by atoms with van der Waals surface area (Å²) in [5.41, 5.74) is 1.91. The number of rotatable bonds is 3. The van der Waals surface area contributed by atoms with Crippen LogP contribution < -0.4 is 0 Å². The Kier molecular flexibility index (Phi) is 3.17. The number of carbonyl (C=O) groups excluding carboxylic acids is 1. The van der Waals surface area contributed by atoms with Gasteiger partial charge in [0.2, 0.25) is 0 Å². The maximum absolute atomic E-state index is 11.1. The van der Waals surface area contributed by atoms with Crippen molar-refractivity contribution in [2.45, 2.75) is 19.8 Å². The normalized spacial score (nSPS) is 11.2. The van der Waals surface area contributed by atoms with Gasteiger partial charge in [0.1, 0.15) is 11.4 Å². The first kappa shape index (κ1) is 13.3. The van der Waals surface area contributed by atoms with Crippen molar-refractivity contribution in [3.05, 3.63) is 47.8 Å². The Morgan fingerprint density at radius 1 is 1.14 bits per heavy atom. The summed E-state index contributed by atoms with van der Waals surface area (Å²) >= 11 is 0. The fraction of sp³-hybridized carbons (Fsp3) is 0.188. The molecule has 1 N–H and O–H groups in total. The maximum Gasteiger partial charge on any atom is 0.172 e. The SMILES string of the molecule is CC(C)c1c(C=O)nnn1-c1cccc2c(O)cccc12. The molecule has 0 aliphatic rings. The zero-order chi connectivity index (χ0) is 15.0. The summed E-state index contributed by atoms with van der Waals surface area (Å²) in [5, 5.41) is 19.6. The van der Waals surface area contributed by atoms with Gasteiger partial charge in [0.15, 0.2) is 6.29 Å². The third-order valence-electron chi connectivity index (χ3n) is 3.50. The summed E-state index contributed by atoms with van der Waals surface area (Å²) in [7, 11) is 0. The fourth-order valence-electron chi connectivity index (χ4n) is 2.56. The highest BCUT2D eigenvalue weighted by Crippen LogP contribution is 2.30. The fourth-order valence-corrected chi connectivity index (χ4v) is 2.56. The van der Waals surface area contributed by atoms with Crippen LogP contribution in [0.2, 0.25) is 0 Å². The van der Waals surface area contributed by atoms with Crippen molar-refractivity contribution in [1.29, 1.82) is 0 Å². The van der Waals surface area contributed by atoms with E-state index in [1.165, 1.54) is 0 Å². The Labute approximate surface area is 121 Å². The minimum Gasteiger partial charge on any atom is -0.507 e. The van der Waals surface area contributed by atoms with E-state index in [2.05, 4.69) is 10.3 Å². The van der Waals surface area contributed by atoms with E-state index >= 15 is 0 Å². The summed E-state index contributed by atoms with van der Waals surface area (Å²) in [6.07, 6.45) is 0.724. The lowest BCUT2D eigenvalue weighted by molar-refractivity contribution is 0.111. The lowest BCUT2D eigenvalue weighted by atomic mass is 10.1. The van der Waals surface area contributed by atoms with Crippen molar-refractivity contribution in [2.24, 2.45) is 0 Å². The van der Waals surface area contributed by atoms with Gasteiger partial charge in [-0.2, -0.15) is 0 Å². The number of phenolic OH excluding ortho intramolecular Hbond substituents is 1. The highest BCUT2D eigenvalue weighted by molar-refractivity contribution is 5.94. The molecule has 0 aliphatic heterocycles. The van der Waals surface area contributed by atoms with Gasteiger partial charge >= 0.3 is 0 Å². The van der Waals surface area contributed by atoms with Crippen molar-refractivity contribution in [1.82, 2.24) is 15.0 Å². The monoisotopic (exact) mass is 281 g/mol. The molecule has 1 aromatic heterocycles. The lowest BCUT2D eigenvalue weighted by Gasteiger charge is -2.12. The molecule has 5 heteroatoms. The predicted octanol–water partition coefficient (Wildman–Crippen LogP) is 3.06. The van der Waals surface area contributed by atoms with Gasteiger partial charge in [0.05, 0.1) is 11.4 Å². The first-order valence-electron chi connectivity index (χ1n) is 6.75. The number of phenols is 1. The van der Waals surface area contributed by atoms with Crippen LogP contribution in [0.4, 0.5) is 0 Å². The average molecular weight is 281 g/mol. The van der Waals surface area contributed by atoms with E-state index in [0.717, 1.165) is 28.4 Å². The van der Waals surface area contributed by atoms with Gasteiger partial charge in [-0.25, -0.2) is 4.68 Å². The molecule has 0 unspecified atom stereocenters. The van der Waals surface area contributed by atoms with Crippen LogP contribution in [0, 0.1) is 0 Å². The Morgan fingerprint density at radius 2 is 1.86 bits per heavy atom. The molecule has 0 fully saturated rings. The molecule has 0 saturated carbocycles. The molecule has 0 bridgehead atoms. The Balaban J connectivity index is 2.34. The molecular weight excluding hydrogens is 266 g/mol. The van der Waals surface area contributed by atoms with Gasteiger partial charge < -0.3 is 5.11 Å². The van der Waals surface area contributed by atoms with Crippen molar-refractivity contribution in [2.75, 3.05) is 0 Å². The van der Waals surface area contributed by atoms with Crippen LogP contribution in [0.5, 0.6) is 5.75 Å². The highest BCUT2D eigenvalue weighted by Gasteiger charge is 2.18. The van der Waals surface area contributed by atoms with E-state index < -0.39 is 0 Å². The topological polar surface area (TPSA) is 68.0 Å². The summed E-state index contributed by atoms with van der Waals surface area (Å²) in [6, 6.07) is 10.9. The Morgan fingerprint density at radius 3 is 2.57 bits per heavy atom. The Hall–Kier alpha value is -2.69. The Bertz CT molecular complexity index is 822.